The fraction of sp³-hybridized carbons (Fsp3) is 0.188. The van der Waals surface area contributed by atoms with E-state index in [1.807, 2.05) is 13.0 Å². The molecule has 0 aliphatic carbocycles. The zero-order valence-corrected chi connectivity index (χ0v) is 11.0. The van der Waals surface area contributed by atoms with E-state index in [9.17, 15) is 0 Å². The van der Waals surface area contributed by atoms with E-state index in [1.54, 1.807) is 0 Å². The summed E-state index contributed by atoms with van der Waals surface area (Å²) >= 11 is 0. The summed E-state index contributed by atoms with van der Waals surface area (Å²) in [4.78, 5) is 2.26. The third-order valence-electron chi connectivity index (χ3n) is 3.62. The summed E-state index contributed by atoms with van der Waals surface area (Å²) in [5.74, 6) is 0.128. The molecule has 19 heavy (non-hydrogen) atoms. The molecule has 0 aromatic heterocycles. The number of rotatable bonds is 2. The van der Waals surface area contributed by atoms with E-state index in [1.165, 1.54) is 11.3 Å². The van der Waals surface area contributed by atoms with Crippen LogP contribution in [0.2, 0.25) is 0 Å². The van der Waals surface area contributed by atoms with Gasteiger partial charge in [0.05, 0.1) is 5.69 Å². The molecule has 1 heterocycles. The monoisotopic (exact) mass is 251 g/mol. The lowest BCUT2D eigenvalue weighted by Gasteiger charge is -2.22. The Kier molecular flexibility index (Phi) is 2.75. The van der Waals surface area contributed by atoms with Crippen molar-refractivity contribution in [1.29, 1.82) is 5.41 Å². The summed E-state index contributed by atoms with van der Waals surface area (Å²) in [5.41, 5.74) is 11.3. The number of hydrogen-bond donors (Lipinski definition) is 2. The Morgan fingerprint density at radius 1 is 1.16 bits per heavy atom. The van der Waals surface area contributed by atoms with Gasteiger partial charge in [-0.1, -0.05) is 29.8 Å². The number of nitrogens with zero attached hydrogens (tertiary/aromatic N) is 1. The minimum Gasteiger partial charge on any atom is -0.384 e. The highest BCUT2D eigenvalue weighted by atomic mass is 15.2. The van der Waals surface area contributed by atoms with E-state index in [-0.39, 0.29) is 5.84 Å². The van der Waals surface area contributed by atoms with Gasteiger partial charge >= 0.3 is 0 Å². The summed E-state index contributed by atoms with van der Waals surface area (Å²) in [7, 11) is 0. The number of nitrogens with two attached hydrogens (primary N) is 1. The van der Waals surface area contributed by atoms with Crippen LogP contribution >= 0.6 is 0 Å². The van der Waals surface area contributed by atoms with E-state index in [0.717, 1.165) is 29.8 Å². The van der Waals surface area contributed by atoms with E-state index < -0.39 is 0 Å². The number of aryl methyl sites for hydroxylation is 1. The van der Waals surface area contributed by atoms with Crippen LogP contribution in [0.1, 0.15) is 16.7 Å². The summed E-state index contributed by atoms with van der Waals surface area (Å²) in [6, 6.07) is 14.5. The predicted octanol–water partition coefficient (Wildman–Crippen LogP) is 2.97. The Morgan fingerprint density at radius 3 is 2.74 bits per heavy atom. The van der Waals surface area contributed by atoms with Gasteiger partial charge in [-0.25, -0.2) is 0 Å². The molecule has 0 spiro atoms. The molecule has 0 unspecified atom stereocenters. The van der Waals surface area contributed by atoms with Crippen LogP contribution in [0.3, 0.4) is 0 Å². The van der Waals surface area contributed by atoms with Crippen molar-refractivity contribution in [2.75, 3.05) is 11.4 Å². The van der Waals surface area contributed by atoms with E-state index in [0.29, 0.717) is 0 Å². The molecule has 3 heteroatoms. The normalized spacial score (nSPS) is 13.4. The molecule has 0 amide bonds. The Labute approximate surface area is 113 Å². The van der Waals surface area contributed by atoms with Gasteiger partial charge in [0.25, 0.3) is 0 Å². The topological polar surface area (TPSA) is 53.1 Å². The first kappa shape index (κ1) is 11.8. The van der Waals surface area contributed by atoms with Crippen molar-refractivity contribution in [3.63, 3.8) is 0 Å². The second kappa shape index (κ2) is 4.43. The van der Waals surface area contributed by atoms with E-state index in [2.05, 4.69) is 41.3 Å². The predicted molar refractivity (Wildman–Crippen MR) is 79.3 cm³/mol. The van der Waals surface area contributed by atoms with Gasteiger partial charge in [0.2, 0.25) is 0 Å². The van der Waals surface area contributed by atoms with Gasteiger partial charge in [-0.05, 0) is 37.1 Å². The smallest absolute Gasteiger partial charge is 0.124 e. The SMILES string of the molecule is Cc1ccc(N2CCc3ccccc32)c(C(=N)N)c1. The van der Waals surface area contributed by atoms with Gasteiger partial charge in [-0.15, -0.1) is 0 Å². The van der Waals surface area contributed by atoms with Crippen LogP contribution < -0.4 is 10.6 Å². The van der Waals surface area contributed by atoms with Crippen LogP contribution in [0.5, 0.6) is 0 Å². The van der Waals surface area contributed by atoms with E-state index in [4.69, 9.17) is 11.1 Å². The number of para-hydroxylation sites is 1. The Morgan fingerprint density at radius 2 is 1.95 bits per heavy atom. The zero-order chi connectivity index (χ0) is 13.4. The highest BCUT2D eigenvalue weighted by molar-refractivity contribution is 6.01. The number of anilines is 2. The zero-order valence-electron chi connectivity index (χ0n) is 11.0. The van der Waals surface area contributed by atoms with Gasteiger partial charge in [0, 0.05) is 17.8 Å². The second-order valence-corrected chi connectivity index (χ2v) is 4.96. The van der Waals surface area contributed by atoms with Crippen molar-refractivity contribution in [1.82, 2.24) is 0 Å². The summed E-state index contributed by atoms with van der Waals surface area (Å²) in [5, 5.41) is 7.77. The van der Waals surface area contributed by atoms with Crippen molar-refractivity contribution in [2.24, 2.45) is 5.73 Å². The molecule has 0 bridgehead atoms. The Hall–Kier alpha value is -2.29. The standard InChI is InChI=1S/C16H17N3/c1-11-6-7-15(13(10-11)16(17)18)19-9-8-12-4-2-3-5-14(12)19/h2-7,10H,8-9H2,1H3,(H3,17,18). The minimum atomic E-state index is 0.128. The number of benzene rings is 2. The van der Waals surface area contributed by atoms with Crippen LogP contribution in [0.25, 0.3) is 0 Å². The summed E-state index contributed by atoms with van der Waals surface area (Å²) in [6.07, 6.45) is 1.04. The largest absolute Gasteiger partial charge is 0.384 e. The van der Waals surface area contributed by atoms with Crippen molar-refractivity contribution < 1.29 is 0 Å². The lowest BCUT2D eigenvalue weighted by atomic mass is 10.1. The number of hydrogen-bond acceptors (Lipinski definition) is 2. The molecule has 0 saturated carbocycles. The number of nitrogens with one attached hydrogen (secondary N) is 1. The second-order valence-electron chi connectivity index (χ2n) is 4.96. The molecule has 0 radical (unpaired) electrons. The van der Waals surface area contributed by atoms with Gasteiger partial charge in [0.15, 0.2) is 0 Å². The molecule has 3 nitrogen and oxygen atoms in total. The Bertz CT molecular complexity index is 646. The third kappa shape index (κ3) is 1.97. The minimum absolute atomic E-state index is 0.128. The maximum Gasteiger partial charge on any atom is 0.124 e. The number of nitrogen functional groups attached to an aromatic ring is 1. The third-order valence-corrected chi connectivity index (χ3v) is 3.62. The maximum absolute atomic E-state index is 7.77. The highest BCUT2D eigenvalue weighted by Crippen LogP contribution is 2.36. The quantitative estimate of drug-likeness (QED) is 0.637. The van der Waals surface area contributed by atoms with Crippen LogP contribution in [-0.4, -0.2) is 12.4 Å². The fourth-order valence-electron chi connectivity index (χ4n) is 2.69. The maximum atomic E-state index is 7.77. The first-order valence-electron chi connectivity index (χ1n) is 6.47. The molecule has 3 N–H and O–H groups in total. The summed E-state index contributed by atoms with van der Waals surface area (Å²) in [6.45, 7) is 2.97. The van der Waals surface area contributed by atoms with Crippen LogP contribution in [-0.2, 0) is 6.42 Å². The van der Waals surface area contributed by atoms with Gasteiger partial charge < -0.3 is 10.6 Å². The van der Waals surface area contributed by atoms with E-state index >= 15 is 0 Å². The van der Waals surface area contributed by atoms with Crippen molar-refractivity contribution in [3.8, 4) is 0 Å². The highest BCUT2D eigenvalue weighted by Gasteiger charge is 2.22. The first-order valence-corrected chi connectivity index (χ1v) is 6.47. The molecule has 3 rings (SSSR count). The molecule has 0 atom stereocenters. The van der Waals surface area contributed by atoms with Gasteiger partial charge in [-0.3, -0.25) is 5.41 Å². The molecule has 0 fully saturated rings. The lowest BCUT2D eigenvalue weighted by molar-refractivity contribution is 0.996. The molecule has 96 valence electrons. The van der Waals surface area contributed by atoms with Gasteiger partial charge in [0.1, 0.15) is 5.84 Å². The first-order chi connectivity index (χ1) is 9.16. The molecule has 1 aliphatic rings. The average molecular weight is 251 g/mol. The lowest BCUT2D eigenvalue weighted by Crippen LogP contribution is -2.20. The fourth-order valence-corrected chi connectivity index (χ4v) is 2.69. The number of amidine groups is 1. The molecule has 1 aliphatic heterocycles. The van der Waals surface area contributed by atoms with Crippen molar-refractivity contribution in [2.45, 2.75) is 13.3 Å². The summed E-state index contributed by atoms with van der Waals surface area (Å²) < 4.78 is 0. The van der Waals surface area contributed by atoms with Crippen LogP contribution in [0.15, 0.2) is 42.5 Å². The Balaban J connectivity index is 2.12. The van der Waals surface area contributed by atoms with Crippen molar-refractivity contribution >= 4 is 17.2 Å². The van der Waals surface area contributed by atoms with Gasteiger partial charge in [-0.2, -0.15) is 0 Å². The molecule has 0 saturated heterocycles. The van der Waals surface area contributed by atoms with Crippen molar-refractivity contribution in [3.05, 3.63) is 59.2 Å². The van der Waals surface area contributed by atoms with Crippen LogP contribution in [0, 0.1) is 12.3 Å². The molecule has 2 aromatic rings. The number of fused-ring (bicyclic) bond motifs is 1. The molecule has 2 aromatic carbocycles. The average Bonchev–Trinajstić information content (AvgIpc) is 2.82. The molecular formula is C16H17N3. The molecular weight excluding hydrogens is 234 g/mol. The van der Waals surface area contributed by atoms with Crippen LogP contribution in [0.4, 0.5) is 11.4 Å².